The average Bonchev–Trinajstić information content (AvgIpc) is 2.74. The van der Waals surface area contributed by atoms with Gasteiger partial charge >= 0.3 is 0 Å². The minimum absolute atomic E-state index is 0.818. The van der Waals surface area contributed by atoms with Crippen LogP contribution < -0.4 is 5.32 Å². The van der Waals surface area contributed by atoms with Crippen molar-refractivity contribution in [1.82, 2.24) is 4.98 Å². The third kappa shape index (κ3) is 2.56. The second kappa shape index (κ2) is 6.16. The van der Waals surface area contributed by atoms with E-state index in [-0.39, 0.29) is 0 Å². The zero-order valence-electron chi connectivity index (χ0n) is 14.3. The van der Waals surface area contributed by atoms with Crippen LogP contribution in [0.5, 0.6) is 0 Å². The molecule has 5 rings (SSSR count). The highest BCUT2D eigenvalue weighted by molar-refractivity contribution is 6.02. The molecule has 1 aliphatic rings. The Balaban J connectivity index is 1.60. The zero-order valence-corrected chi connectivity index (χ0v) is 14.3. The first-order valence-corrected chi connectivity index (χ1v) is 8.86. The predicted molar refractivity (Wildman–Crippen MR) is 110 cm³/mol. The maximum Gasteiger partial charge on any atom is 0.0939 e. The van der Waals surface area contributed by atoms with Gasteiger partial charge in [0, 0.05) is 29.3 Å². The van der Waals surface area contributed by atoms with E-state index in [0.29, 0.717) is 0 Å². The predicted octanol–water partition coefficient (Wildman–Crippen LogP) is 5.87. The monoisotopic (exact) mass is 334 g/mol. The molecule has 0 spiro atoms. The Hall–Kier alpha value is -3.39. The molecule has 0 saturated carbocycles. The van der Waals surface area contributed by atoms with Crippen molar-refractivity contribution in [3.05, 3.63) is 96.2 Å². The summed E-state index contributed by atoms with van der Waals surface area (Å²) in [6.45, 7) is 0.818. The van der Waals surface area contributed by atoms with E-state index in [1.807, 2.05) is 12.3 Å². The van der Waals surface area contributed by atoms with Crippen LogP contribution in [0.1, 0.15) is 11.1 Å². The maximum atomic E-state index is 4.78. The van der Waals surface area contributed by atoms with Crippen LogP contribution in [0, 0.1) is 0 Å². The first-order chi connectivity index (χ1) is 12.9. The molecule has 1 aliphatic heterocycles. The summed E-state index contributed by atoms with van der Waals surface area (Å²) in [5.41, 5.74) is 8.26. The summed E-state index contributed by atoms with van der Waals surface area (Å²) in [6, 6.07) is 27.5. The van der Waals surface area contributed by atoms with E-state index in [9.17, 15) is 0 Å². The second-order valence-electron chi connectivity index (χ2n) is 6.58. The zero-order chi connectivity index (χ0) is 17.3. The molecule has 0 amide bonds. The minimum Gasteiger partial charge on any atom is -0.379 e. The number of hydrogen-bond donors (Lipinski definition) is 1. The average molecular weight is 334 g/mol. The lowest BCUT2D eigenvalue weighted by atomic mass is 9.96. The van der Waals surface area contributed by atoms with E-state index in [0.717, 1.165) is 28.7 Å². The van der Waals surface area contributed by atoms with Gasteiger partial charge in [-0.2, -0.15) is 0 Å². The minimum atomic E-state index is 0.818. The van der Waals surface area contributed by atoms with Crippen molar-refractivity contribution < 1.29 is 0 Å². The normalized spacial score (nSPS) is 13.0. The van der Waals surface area contributed by atoms with Gasteiger partial charge in [0.05, 0.1) is 11.2 Å². The first kappa shape index (κ1) is 14.9. The fraction of sp³-hybridized carbons (Fsp3) is 0.0417. The summed E-state index contributed by atoms with van der Waals surface area (Å²) in [7, 11) is 0. The van der Waals surface area contributed by atoms with Gasteiger partial charge < -0.3 is 5.32 Å². The number of hydrogen-bond acceptors (Lipinski definition) is 2. The van der Waals surface area contributed by atoms with Crippen LogP contribution in [-0.2, 0) is 0 Å². The molecule has 2 heterocycles. The summed E-state index contributed by atoms with van der Waals surface area (Å²) in [5, 5.41) is 4.74. The number of fused-ring (bicyclic) bond motifs is 3. The van der Waals surface area contributed by atoms with Gasteiger partial charge in [0.15, 0.2) is 0 Å². The van der Waals surface area contributed by atoms with Crippen molar-refractivity contribution in [2.45, 2.75) is 0 Å². The van der Waals surface area contributed by atoms with Crippen LogP contribution in [0.4, 0.5) is 5.69 Å². The van der Waals surface area contributed by atoms with Crippen LogP contribution in [0.25, 0.3) is 33.7 Å². The van der Waals surface area contributed by atoms with Crippen molar-refractivity contribution >= 4 is 28.2 Å². The lowest BCUT2D eigenvalue weighted by molar-refractivity contribution is 1.30. The molecule has 2 heteroatoms. The molecule has 4 aromatic rings. The van der Waals surface area contributed by atoms with Crippen LogP contribution in [-0.4, -0.2) is 11.5 Å². The Labute approximate surface area is 152 Å². The number of nitrogens with one attached hydrogen (secondary N) is 1. The van der Waals surface area contributed by atoms with E-state index >= 15 is 0 Å². The fourth-order valence-corrected chi connectivity index (χ4v) is 3.57. The lowest BCUT2D eigenvalue weighted by Crippen LogP contribution is -2.10. The summed E-state index contributed by atoms with van der Waals surface area (Å²) >= 11 is 0. The molecule has 0 unspecified atom stereocenters. The van der Waals surface area contributed by atoms with Crippen molar-refractivity contribution in [1.29, 1.82) is 0 Å². The Morgan fingerprint density at radius 2 is 1.46 bits per heavy atom. The Bertz CT molecular complexity index is 1110. The molecule has 0 fully saturated rings. The van der Waals surface area contributed by atoms with Gasteiger partial charge in [-0.1, -0.05) is 72.8 Å². The highest BCUT2D eigenvalue weighted by atomic mass is 14.9. The Morgan fingerprint density at radius 1 is 0.731 bits per heavy atom. The van der Waals surface area contributed by atoms with Gasteiger partial charge in [-0.15, -0.1) is 0 Å². The summed E-state index contributed by atoms with van der Waals surface area (Å²) in [4.78, 5) is 4.78. The summed E-state index contributed by atoms with van der Waals surface area (Å²) in [6.07, 6.45) is 4.24. The molecule has 124 valence electrons. The molecule has 26 heavy (non-hydrogen) atoms. The molecule has 3 aromatic carbocycles. The van der Waals surface area contributed by atoms with Crippen molar-refractivity contribution in [3.63, 3.8) is 0 Å². The van der Waals surface area contributed by atoms with Gasteiger partial charge in [0.25, 0.3) is 0 Å². The SMILES string of the molecule is C1=C(c2ccccc2)CNc2c1ccc1cc(-c3ccccc3)cnc21. The highest BCUT2D eigenvalue weighted by Crippen LogP contribution is 2.34. The van der Waals surface area contributed by atoms with Crippen LogP contribution in [0.2, 0.25) is 0 Å². The highest BCUT2D eigenvalue weighted by Gasteiger charge is 2.15. The number of rotatable bonds is 2. The number of anilines is 1. The lowest BCUT2D eigenvalue weighted by Gasteiger charge is -2.20. The van der Waals surface area contributed by atoms with Crippen LogP contribution in [0.15, 0.2) is 85.1 Å². The van der Waals surface area contributed by atoms with Gasteiger partial charge in [-0.05, 0) is 28.8 Å². The summed E-state index contributed by atoms with van der Waals surface area (Å²) in [5.74, 6) is 0. The molecule has 0 radical (unpaired) electrons. The van der Waals surface area contributed by atoms with Gasteiger partial charge in [-0.25, -0.2) is 0 Å². The number of pyridine rings is 1. The quantitative estimate of drug-likeness (QED) is 0.496. The Morgan fingerprint density at radius 3 is 2.23 bits per heavy atom. The standard InChI is InChI=1S/C24H18N2/c1-3-7-17(8-4-1)21-13-19-11-12-20-14-22(18-9-5-2-6-10-18)16-26-24(20)23(19)25-15-21/h1-15,26H,16H2. The molecular weight excluding hydrogens is 316 g/mol. The van der Waals surface area contributed by atoms with Gasteiger partial charge in [0.1, 0.15) is 0 Å². The third-order valence-electron chi connectivity index (χ3n) is 4.92. The maximum absolute atomic E-state index is 4.78. The van der Waals surface area contributed by atoms with Crippen LogP contribution in [0.3, 0.4) is 0 Å². The molecular formula is C24H18N2. The molecule has 2 nitrogen and oxygen atoms in total. The molecule has 0 atom stereocenters. The van der Waals surface area contributed by atoms with E-state index in [2.05, 4.69) is 84.2 Å². The largest absolute Gasteiger partial charge is 0.379 e. The Kier molecular flexibility index (Phi) is 3.53. The van der Waals surface area contributed by atoms with E-state index in [1.54, 1.807) is 0 Å². The number of nitrogens with zero attached hydrogens (tertiary/aromatic N) is 1. The van der Waals surface area contributed by atoms with E-state index < -0.39 is 0 Å². The van der Waals surface area contributed by atoms with Crippen LogP contribution >= 0.6 is 0 Å². The molecule has 1 aromatic heterocycles. The van der Waals surface area contributed by atoms with Gasteiger partial charge in [-0.3, -0.25) is 4.98 Å². The van der Waals surface area contributed by atoms with E-state index in [1.165, 1.54) is 22.3 Å². The molecule has 1 N–H and O–H groups in total. The number of aromatic nitrogens is 1. The fourth-order valence-electron chi connectivity index (χ4n) is 3.57. The third-order valence-corrected chi connectivity index (χ3v) is 4.92. The number of benzene rings is 3. The second-order valence-corrected chi connectivity index (χ2v) is 6.58. The summed E-state index contributed by atoms with van der Waals surface area (Å²) < 4.78 is 0. The van der Waals surface area contributed by atoms with Crippen molar-refractivity contribution in [3.8, 4) is 11.1 Å². The topological polar surface area (TPSA) is 24.9 Å². The van der Waals surface area contributed by atoms with Crippen molar-refractivity contribution in [2.24, 2.45) is 0 Å². The van der Waals surface area contributed by atoms with E-state index in [4.69, 9.17) is 4.98 Å². The molecule has 0 bridgehead atoms. The van der Waals surface area contributed by atoms with Crippen molar-refractivity contribution in [2.75, 3.05) is 11.9 Å². The smallest absolute Gasteiger partial charge is 0.0939 e. The first-order valence-electron chi connectivity index (χ1n) is 8.86. The molecule has 0 aliphatic carbocycles. The molecule has 0 saturated heterocycles. The van der Waals surface area contributed by atoms with Gasteiger partial charge in [0.2, 0.25) is 0 Å².